The molecule has 10 heteroatoms. The van der Waals surface area contributed by atoms with Crippen LogP contribution in [0.1, 0.15) is 55.6 Å². The van der Waals surface area contributed by atoms with Gasteiger partial charge in [-0.05, 0) is 29.9 Å². The Labute approximate surface area is 201 Å². The summed E-state index contributed by atoms with van der Waals surface area (Å²) in [6.45, 7) is 6.55. The topological polar surface area (TPSA) is 112 Å². The lowest BCUT2D eigenvalue weighted by Crippen LogP contribution is -2.25. The summed E-state index contributed by atoms with van der Waals surface area (Å²) in [6, 6.07) is 12.0. The smallest absolute Gasteiger partial charge is 0.272 e. The second kappa shape index (κ2) is 9.02. The van der Waals surface area contributed by atoms with E-state index >= 15 is 0 Å². The molecule has 3 heterocycles. The summed E-state index contributed by atoms with van der Waals surface area (Å²) in [5.74, 6) is 1.96. The second-order valence-corrected chi connectivity index (χ2v) is 10.2. The first-order valence-electron chi connectivity index (χ1n) is 11.1. The molecular formula is C24H25N7O2S. The molecule has 174 valence electrons. The van der Waals surface area contributed by atoms with E-state index in [1.165, 1.54) is 23.7 Å². The fourth-order valence-corrected chi connectivity index (χ4v) is 3.98. The maximum Gasteiger partial charge on any atom is 0.272 e. The van der Waals surface area contributed by atoms with Gasteiger partial charge < -0.3 is 9.84 Å². The molecule has 0 radical (unpaired) electrons. The van der Waals surface area contributed by atoms with Crippen molar-refractivity contribution in [3.05, 3.63) is 66.1 Å². The highest BCUT2D eigenvalue weighted by molar-refractivity contribution is 7.98. The molecule has 9 nitrogen and oxygen atoms in total. The van der Waals surface area contributed by atoms with E-state index in [9.17, 15) is 4.79 Å². The van der Waals surface area contributed by atoms with Crippen molar-refractivity contribution in [1.82, 2.24) is 35.2 Å². The molecule has 1 saturated carbocycles. The SMILES string of the molecule is CC(C)(C)c1ccc(-c2noc(CSc3cc(-n4ccc(C(=O)NC5CC5)n4)ncn3)n2)cc1. The molecule has 5 rings (SSSR count). The van der Waals surface area contributed by atoms with Crippen molar-refractivity contribution in [2.75, 3.05) is 0 Å². The van der Waals surface area contributed by atoms with Crippen molar-refractivity contribution >= 4 is 17.7 Å². The summed E-state index contributed by atoms with van der Waals surface area (Å²) in [5.41, 5.74) is 2.63. The molecule has 1 fully saturated rings. The molecule has 1 aliphatic carbocycles. The zero-order valence-electron chi connectivity index (χ0n) is 19.2. The molecule has 0 saturated heterocycles. The Hall–Kier alpha value is -3.53. The van der Waals surface area contributed by atoms with Crippen molar-refractivity contribution < 1.29 is 9.32 Å². The third-order valence-corrected chi connectivity index (χ3v) is 6.33. The van der Waals surface area contributed by atoms with Gasteiger partial charge in [0.1, 0.15) is 11.4 Å². The lowest BCUT2D eigenvalue weighted by atomic mass is 9.87. The fraction of sp³-hybridized carbons (Fsp3) is 0.333. The molecule has 0 spiro atoms. The summed E-state index contributed by atoms with van der Waals surface area (Å²) in [5, 5.41) is 12.1. The maximum atomic E-state index is 12.2. The van der Waals surface area contributed by atoms with Crippen LogP contribution >= 0.6 is 11.8 Å². The normalized spacial score (nSPS) is 13.7. The van der Waals surface area contributed by atoms with Crippen LogP contribution < -0.4 is 5.32 Å². The number of nitrogens with one attached hydrogen (secondary N) is 1. The first-order chi connectivity index (χ1) is 16.3. The predicted molar refractivity (Wildman–Crippen MR) is 128 cm³/mol. The highest BCUT2D eigenvalue weighted by atomic mass is 32.2. The minimum Gasteiger partial charge on any atom is -0.348 e. The first kappa shape index (κ1) is 22.3. The predicted octanol–water partition coefficient (Wildman–Crippen LogP) is 4.19. The zero-order valence-corrected chi connectivity index (χ0v) is 20.0. The van der Waals surface area contributed by atoms with Crippen molar-refractivity contribution in [2.45, 2.75) is 55.8 Å². The average molecular weight is 476 g/mol. The Morgan fingerprint density at radius 1 is 1.18 bits per heavy atom. The number of carbonyl (C=O) groups is 1. The molecule has 1 amide bonds. The standard InChI is InChI=1S/C24H25N7O2S/c1-24(2,3)16-6-4-15(5-7-16)22-28-20(33-30-22)13-34-21-12-19(25-14-26-21)31-11-10-18(29-31)23(32)27-17-8-9-17/h4-7,10-12,14,17H,8-9,13H2,1-3H3,(H,27,32). The van der Waals surface area contributed by atoms with Gasteiger partial charge in [-0.1, -0.05) is 62.0 Å². The molecule has 0 aliphatic heterocycles. The number of rotatable bonds is 7. The van der Waals surface area contributed by atoms with Gasteiger partial charge in [0.05, 0.1) is 5.75 Å². The Morgan fingerprint density at radius 3 is 2.71 bits per heavy atom. The van der Waals surface area contributed by atoms with Crippen molar-refractivity contribution in [1.29, 1.82) is 0 Å². The van der Waals surface area contributed by atoms with E-state index in [1.807, 2.05) is 18.2 Å². The van der Waals surface area contributed by atoms with Crippen LogP contribution in [0.2, 0.25) is 0 Å². The van der Waals surface area contributed by atoms with Crippen LogP contribution in [0.4, 0.5) is 0 Å². The highest BCUT2D eigenvalue weighted by Gasteiger charge is 2.24. The van der Waals surface area contributed by atoms with Crippen LogP contribution in [0.5, 0.6) is 0 Å². The molecule has 0 bridgehead atoms. The first-order valence-corrected chi connectivity index (χ1v) is 12.1. The Balaban J connectivity index is 1.23. The Morgan fingerprint density at radius 2 is 1.97 bits per heavy atom. The minimum atomic E-state index is -0.162. The van der Waals surface area contributed by atoms with Crippen LogP contribution in [0, 0.1) is 0 Å². The van der Waals surface area contributed by atoms with Gasteiger partial charge >= 0.3 is 0 Å². The average Bonchev–Trinajstić information content (AvgIpc) is 3.31. The molecule has 3 aromatic heterocycles. The van der Waals surface area contributed by atoms with E-state index in [2.05, 4.69) is 63.4 Å². The van der Waals surface area contributed by atoms with Gasteiger partial charge in [0, 0.05) is 23.9 Å². The van der Waals surface area contributed by atoms with Crippen LogP contribution in [-0.4, -0.2) is 41.8 Å². The molecule has 0 atom stereocenters. The molecule has 1 N–H and O–H groups in total. The summed E-state index contributed by atoms with van der Waals surface area (Å²) < 4.78 is 7.00. The van der Waals surface area contributed by atoms with Gasteiger partial charge in [0.2, 0.25) is 11.7 Å². The summed E-state index contributed by atoms with van der Waals surface area (Å²) in [7, 11) is 0. The summed E-state index contributed by atoms with van der Waals surface area (Å²) in [4.78, 5) is 25.3. The monoisotopic (exact) mass is 475 g/mol. The van der Waals surface area contributed by atoms with Gasteiger partial charge in [-0.3, -0.25) is 4.79 Å². The van der Waals surface area contributed by atoms with Gasteiger partial charge in [0.15, 0.2) is 11.5 Å². The number of amides is 1. The minimum absolute atomic E-state index is 0.0920. The lowest BCUT2D eigenvalue weighted by Gasteiger charge is -2.18. The van der Waals surface area contributed by atoms with Crippen LogP contribution in [0.15, 0.2) is 58.5 Å². The number of hydrogen-bond acceptors (Lipinski definition) is 8. The third-order valence-electron chi connectivity index (χ3n) is 5.42. The van der Waals surface area contributed by atoms with E-state index in [0.717, 1.165) is 23.4 Å². The van der Waals surface area contributed by atoms with Gasteiger partial charge in [-0.2, -0.15) is 10.1 Å². The fourth-order valence-electron chi connectivity index (χ4n) is 3.28. The van der Waals surface area contributed by atoms with E-state index in [4.69, 9.17) is 4.52 Å². The Kier molecular flexibility index (Phi) is 5.91. The number of benzene rings is 1. The van der Waals surface area contributed by atoms with Crippen LogP contribution in [0.3, 0.4) is 0 Å². The molecule has 4 aromatic rings. The molecular weight excluding hydrogens is 450 g/mol. The quantitative estimate of drug-likeness (QED) is 0.313. The number of thioether (sulfide) groups is 1. The van der Waals surface area contributed by atoms with Crippen molar-refractivity contribution in [3.63, 3.8) is 0 Å². The summed E-state index contributed by atoms with van der Waals surface area (Å²) in [6.07, 6.45) is 5.25. The number of nitrogens with zero attached hydrogens (tertiary/aromatic N) is 6. The largest absolute Gasteiger partial charge is 0.348 e. The van der Waals surface area contributed by atoms with Gasteiger partial charge in [0.25, 0.3) is 5.91 Å². The van der Waals surface area contributed by atoms with Crippen molar-refractivity contribution in [3.8, 4) is 17.2 Å². The van der Waals surface area contributed by atoms with E-state index < -0.39 is 0 Å². The molecule has 1 aliphatic rings. The zero-order chi connectivity index (χ0) is 23.7. The van der Waals surface area contributed by atoms with Gasteiger partial charge in [-0.15, -0.1) is 0 Å². The maximum absolute atomic E-state index is 12.2. The van der Waals surface area contributed by atoms with E-state index in [1.54, 1.807) is 16.9 Å². The third kappa shape index (κ3) is 5.17. The van der Waals surface area contributed by atoms with Crippen LogP contribution in [0.25, 0.3) is 17.2 Å². The molecule has 34 heavy (non-hydrogen) atoms. The molecule has 0 unspecified atom stereocenters. The number of hydrogen-bond donors (Lipinski definition) is 1. The summed E-state index contributed by atoms with van der Waals surface area (Å²) >= 11 is 1.46. The van der Waals surface area contributed by atoms with Crippen LogP contribution in [-0.2, 0) is 11.2 Å². The van der Waals surface area contributed by atoms with Gasteiger partial charge in [-0.25, -0.2) is 14.6 Å². The molecule has 1 aromatic carbocycles. The number of aromatic nitrogens is 6. The highest BCUT2D eigenvalue weighted by Crippen LogP contribution is 2.26. The second-order valence-electron chi connectivity index (χ2n) is 9.24. The number of carbonyl (C=O) groups excluding carboxylic acids is 1. The van der Waals surface area contributed by atoms with Crippen molar-refractivity contribution in [2.24, 2.45) is 0 Å². The Bertz CT molecular complexity index is 1300. The lowest BCUT2D eigenvalue weighted by molar-refractivity contribution is 0.0945. The van der Waals surface area contributed by atoms with E-state index in [0.29, 0.717) is 29.0 Å². The van der Waals surface area contributed by atoms with E-state index in [-0.39, 0.29) is 17.4 Å².